The molecule has 0 atom stereocenters. The van der Waals surface area contributed by atoms with Gasteiger partial charge in [0.25, 0.3) is 0 Å². The average molecular weight is 294 g/mol. The molecule has 6 heteroatoms. The van der Waals surface area contributed by atoms with Crippen LogP contribution in [-0.2, 0) is 6.54 Å². The normalized spacial score (nSPS) is 11.5. The van der Waals surface area contributed by atoms with Gasteiger partial charge in [0, 0.05) is 18.5 Å². The van der Waals surface area contributed by atoms with E-state index >= 15 is 0 Å². The SMILES string of the molecule is CCN(CCO)Cc1nc(NC)c2c(C)c(C)sc2n1. The quantitative estimate of drug-likeness (QED) is 0.855. The Kier molecular flexibility index (Phi) is 4.91. The molecule has 0 unspecified atom stereocenters. The first-order valence-corrected chi connectivity index (χ1v) is 7.69. The molecule has 0 aliphatic carbocycles. The molecule has 110 valence electrons. The Bertz CT molecular complexity index is 596. The van der Waals surface area contributed by atoms with Crippen molar-refractivity contribution in [3.8, 4) is 0 Å². The monoisotopic (exact) mass is 294 g/mol. The highest BCUT2D eigenvalue weighted by Gasteiger charge is 2.15. The van der Waals surface area contributed by atoms with Crippen molar-refractivity contribution in [1.29, 1.82) is 0 Å². The lowest BCUT2D eigenvalue weighted by atomic mass is 10.2. The number of aromatic nitrogens is 2. The van der Waals surface area contributed by atoms with Gasteiger partial charge in [-0.05, 0) is 26.0 Å². The summed E-state index contributed by atoms with van der Waals surface area (Å²) in [7, 11) is 1.89. The van der Waals surface area contributed by atoms with Crippen LogP contribution in [-0.4, -0.2) is 46.7 Å². The summed E-state index contributed by atoms with van der Waals surface area (Å²) in [5.41, 5.74) is 1.25. The Balaban J connectivity index is 2.40. The third kappa shape index (κ3) is 2.92. The maximum absolute atomic E-state index is 9.07. The zero-order chi connectivity index (χ0) is 14.7. The predicted molar refractivity (Wildman–Crippen MR) is 84.5 cm³/mol. The number of hydrogen-bond donors (Lipinski definition) is 2. The number of nitrogens with one attached hydrogen (secondary N) is 1. The number of fused-ring (bicyclic) bond motifs is 1. The molecule has 20 heavy (non-hydrogen) atoms. The van der Waals surface area contributed by atoms with Crippen LogP contribution in [0.3, 0.4) is 0 Å². The number of hydrogen-bond acceptors (Lipinski definition) is 6. The fourth-order valence-corrected chi connectivity index (χ4v) is 3.28. The molecule has 0 spiro atoms. The lowest BCUT2D eigenvalue weighted by Gasteiger charge is -2.18. The molecule has 0 saturated carbocycles. The van der Waals surface area contributed by atoms with E-state index < -0.39 is 0 Å². The number of aryl methyl sites for hydroxylation is 2. The van der Waals surface area contributed by atoms with Crippen LogP contribution in [0.4, 0.5) is 5.82 Å². The van der Waals surface area contributed by atoms with E-state index in [1.54, 1.807) is 11.3 Å². The number of aliphatic hydroxyl groups is 1. The molecule has 0 aliphatic rings. The highest BCUT2D eigenvalue weighted by Crippen LogP contribution is 2.33. The first-order valence-electron chi connectivity index (χ1n) is 6.88. The fourth-order valence-electron chi connectivity index (χ4n) is 2.24. The lowest BCUT2D eigenvalue weighted by Crippen LogP contribution is -2.27. The minimum atomic E-state index is 0.159. The molecule has 0 radical (unpaired) electrons. The van der Waals surface area contributed by atoms with Crippen molar-refractivity contribution < 1.29 is 5.11 Å². The number of likely N-dealkylation sites (N-methyl/N-ethyl adjacent to an activating group) is 1. The maximum atomic E-state index is 9.07. The molecule has 0 aromatic carbocycles. The summed E-state index contributed by atoms with van der Waals surface area (Å²) in [6.45, 7) is 8.65. The molecular weight excluding hydrogens is 272 g/mol. The molecule has 0 bridgehead atoms. The largest absolute Gasteiger partial charge is 0.395 e. The van der Waals surface area contributed by atoms with Crippen LogP contribution in [0.1, 0.15) is 23.2 Å². The van der Waals surface area contributed by atoms with Crippen molar-refractivity contribution >= 4 is 27.4 Å². The highest BCUT2D eigenvalue weighted by molar-refractivity contribution is 7.18. The second-order valence-corrected chi connectivity index (χ2v) is 6.00. The van der Waals surface area contributed by atoms with Crippen LogP contribution in [0.5, 0.6) is 0 Å². The minimum Gasteiger partial charge on any atom is -0.395 e. The van der Waals surface area contributed by atoms with Gasteiger partial charge in [0.1, 0.15) is 16.5 Å². The number of aliphatic hydroxyl groups excluding tert-OH is 1. The Morgan fingerprint density at radius 3 is 2.65 bits per heavy atom. The molecule has 2 aromatic rings. The van der Waals surface area contributed by atoms with E-state index in [0.717, 1.165) is 28.4 Å². The molecule has 2 aromatic heterocycles. The van der Waals surface area contributed by atoms with Crippen LogP contribution in [0.25, 0.3) is 10.2 Å². The standard InChI is InChI=1S/C14H22N4OS/c1-5-18(6-7-19)8-11-16-13(15-4)12-9(2)10(3)20-14(12)17-11/h19H,5-8H2,1-4H3,(H,15,16,17). The van der Waals surface area contributed by atoms with Gasteiger partial charge in [0.05, 0.1) is 18.5 Å². The van der Waals surface area contributed by atoms with Crippen molar-refractivity contribution in [3.05, 3.63) is 16.3 Å². The molecule has 2 N–H and O–H groups in total. The predicted octanol–water partition coefficient (Wildman–Crippen LogP) is 2.16. The molecule has 2 heterocycles. The Morgan fingerprint density at radius 2 is 2.05 bits per heavy atom. The van der Waals surface area contributed by atoms with Gasteiger partial charge in [-0.15, -0.1) is 11.3 Å². The number of anilines is 1. The molecule has 5 nitrogen and oxygen atoms in total. The van der Waals surface area contributed by atoms with Gasteiger partial charge in [-0.25, -0.2) is 9.97 Å². The second kappa shape index (κ2) is 6.47. The third-order valence-electron chi connectivity index (χ3n) is 3.54. The van der Waals surface area contributed by atoms with E-state index in [-0.39, 0.29) is 6.61 Å². The van der Waals surface area contributed by atoms with Gasteiger partial charge in [0.2, 0.25) is 0 Å². The van der Waals surface area contributed by atoms with Crippen molar-refractivity contribution in [2.24, 2.45) is 0 Å². The smallest absolute Gasteiger partial charge is 0.146 e. The van der Waals surface area contributed by atoms with Gasteiger partial charge in [0.15, 0.2) is 0 Å². The summed E-state index contributed by atoms with van der Waals surface area (Å²) in [6.07, 6.45) is 0. The van der Waals surface area contributed by atoms with Crippen molar-refractivity contribution in [2.45, 2.75) is 27.3 Å². The topological polar surface area (TPSA) is 61.3 Å². The highest BCUT2D eigenvalue weighted by atomic mass is 32.1. The van der Waals surface area contributed by atoms with Gasteiger partial charge in [-0.1, -0.05) is 6.92 Å². The summed E-state index contributed by atoms with van der Waals surface area (Å²) < 4.78 is 0. The van der Waals surface area contributed by atoms with Crippen molar-refractivity contribution in [2.75, 3.05) is 32.1 Å². The molecular formula is C14H22N4OS. The fraction of sp³-hybridized carbons (Fsp3) is 0.571. The van der Waals surface area contributed by atoms with E-state index in [2.05, 4.69) is 41.0 Å². The van der Waals surface area contributed by atoms with Crippen LogP contribution in [0.2, 0.25) is 0 Å². The molecule has 0 aliphatic heterocycles. The maximum Gasteiger partial charge on any atom is 0.146 e. The first kappa shape index (κ1) is 15.2. The minimum absolute atomic E-state index is 0.159. The zero-order valence-corrected chi connectivity index (χ0v) is 13.3. The Labute approximate surface area is 123 Å². The summed E-state index contributed by atoms with van der Waals surface area (Å²) in [5.74, 6) is 1.70. The van der Waals surface area contributed by atoms with Crippen LogP contribution >= 0.6 is 11.3 Å². The van der Waals surface area contributed by atoms with E-state index in [4.69, 9.17) is 5.11 Å². The van der Waals surface area contributed by atoms with Gasteiger partial charge >= 0.3 is 0 Å². The van der Waals surface area contributed by atoms with Gasteiger partial charge < -0.3 is 10.4 Å². The van der Waals surface area contributed by atoms with Crippen molar-refractivity contribution in [3.63, 3.8) is 0 Å². The van der Waals surface area contributed by atoms with Crippen LogP contribution < -0.4 is 5.32 Å². The third-order valence-corrected chi connectivity index (χ3v) is 4.64. The average Bonchev–Trinajstić information content (AvgIpc) is 2.72. The van der Waals surface area contributed by atoms with Crippen LogP contribution in [0.15, 0.2) is 0 Å². The first-order chi connectivity index (χ1) is 9.60. The summed E-state index contributed by atoms with van der Waals surface area (Å²) in [5, 5.41) is 13.4. The van der Waals surface area contributed by atoms with Crippen LogP contribution in [0, 0.1) is 13.8 Å². The lowest BCUT2D eigenvalue weighted by molar-refractivity contribution is 0.194. The molecule has 2 rings (SSSR count). The van der Waals surface area contributed by atoms with Crippen molar-refractivity contribution in [1.82, 2.24) is 14.9 Å². The van der Waals surface area contributed by atoms with Gasteiger partial charge in [-0.2, -0.15) is 0 Å². The Morgan fingerprint density at radius 1 is 1.30 bits per heavy atom. The van der Waals surface area contributed by atoms with E-state index in [0.29, 0.717) is 13.1 Å². The molecule has 0 fully saturated rings. The second-order valence-electron chi connectivity index (χ2n) is 4.79. The Hall–Kier alpha value is -1.24. The molecule has 0 saturated heterocycles. The van der Waals surface area contributed by atoms with E-state index in [9.17, 15) is 0 Å². The zero-order valence-electron chi connectivity index (χ0n) is 12.5. The summed E-state index contributed by atoms with van der Waals surface area (Å²) in [6, 6.07) is 0. The van der Waals surface area contributed by atoms with E-state index in [1.807, 2.05) is 7.05 Å². The summed E-state index contributed by atoms with van der Waals surface area (Å²) in [4.78, 5) is 13.8. The summed E-state index contributed by atoms with van der Waals surface area (Å²) >= 11 is 1.71. The number of rotatable bonds is 6. The molecule has 0 amide bonds. The van der Waals surface area contributed by atoms with E-state index in [1.165, 1.54) is 10.4 Å². The number of nitrogens with zero attached hydrogens (tertiary/aromatic N) is 3. The van der Waals surface area contributed by atoms with Gasteiger partial charge in [-0.3, -0.25) is 4.90 Å². The number of thiophene rings is 1.